The molecule has 10 aromatic rings. The first-order valence-corrected chi connectivity index (χ1v) is 16.6. The number of pyridine rings is 1. The molecular weight excluding hydrogens is 615 g/mol. The molecule has 5 nitrogen and oxygen atoms in total. The zero-order valence-electron chi connectivity index (χ0n) is 26.7. The molecule has 50 heavy (non-hydrogen) atoms. The Morgan fingerprint density at radius 3 is 1.90 bits per heavy atom. The van der Waals surface area contributed by atoms with Gasteiger partial charge in [-0.05, 0) is 60.2 Å². The Morgan fingerprint density at radius 1 is 0.380 bits per heavy atom. The summed E-state index contributed by atoms with van der Waals surface area (Å²) < 4.78 is 12.8. The Labute approximate surface area is 287 Å². The summed E-state index contributed by atoms with van der Waals surface area (Å²) in [4.78, 5) is 14.9. The number of nitrogens with zero attached hydrogens (tertiary/aromatic N) is 3. The van der Waals surface area contributed by atoms with Gasteiger partial charge in [0.25, 0.3) is 0 Å². The molecule has 4 heterocycles. The molecule has 0 radical (unpaired) electrons. The van der Waals surface area contributed by atoms with Crippen molar-refractivity contribution >= 4 is 43.9 Å². The van der Waals surface area contributed by atoms with Crippen molar-refractivity contribution in [1.29, 1.82) is 0 Å². The van der Waals surface area contributed by atoms with E-state index in [0.717, 1.165) is 94.3 Å². The molecule has 0 bridgehead atoms. The fourth-order valence-corrected chi connectivity index (χ4v) is 6.98. The van der Waals surface area contributed by atoms with Crippen LogP contribution in [0.4, 0.5) is 0 Å². The van der Waals surface area contributed by atoms with Crippen LogP contribution in [-0.2, 0) is 0 Å². The average Bonchev–Trinajstić information content (AvgIpc) is 3.77. The number of fused-ring (bicyclic) bond motifs is 6. The average molecular weight is 642 g/mol. The minimum absolute atomic E-state index is 0.656. The highest BCUT2D eigenvalue weighted by Gasteiger charge is 2.20. The third kappa shape index (κ3) is 4.67. The second-order valence-corrected chi connectivity index (χ2v) is 12.4. The van der Waals surface area contributed by atoms with Gasteiger partial charge in [0.1, 0.15) is 22.3 Å². The summed E-state index contributed by atoms with van der Waals surface area (Å²) in [5.41, 5.74) is 11.9. The molecule has 0 amide bonds. The number of rotatable bonds is 5. The van der Waals surface area contributed by atoms with E-state index in [1.54, 1.807) is 0 Å². The summed E-state index contributed by atoms with van der Waals surface area (Å²) in [5.74, 6) is 0.656. The van der Waals surface area contributed by atoms with Gasteiger partial charge in [0.15, 0.2) is 5.82 Å². The second-order valence-electron chi connectivity index (χ2n) is 12.4. The van der Waals surface area contributed by atoms with E-state index in [0.29, 0.717) is 5.82 Å². The van der Waals surface area contributed by atoms with Crippen LogP contribution in [0.3, 0.4) is 0 Å². The number of benzene rings is 6. The lowest BCUT2D eigenvalue weighted by molar-refractivity contribution is 0.668. The van der Waals surface area contributed by atoms with Crippen LogP contribution in [0.5, 0.6) is 0 Å². The first-order valence-electron chi connectivity index (χ1n) is 16.6. The Balaban J connectivity index is 1.20. The van der Waals surface area contributed by atoms with Crippen molar-refractivity contribution < 1.29 is 8.83 Å². The van der Waals surface area contributed by atoms with Crippen LogP contribution in [0.2, 0.25) is 0 Å². The molecule has 6 aromatic carbocycles. The van der Waals surface area contributed by atoms with Crippen LogP contribution in [-0.4, -0.2) is 15.0 Å². The van der Waals surface area contributed by atoms with E-state index in [9.17, 15) is 0 Å². The van der Waals surface area contributed by atoms with Crippen LogP contribution in [0.15, 0.2) is 173 Å². The fourth-order valence-electron chi connectivity index (χ4n) is 6.98. The SMILES string of the molecule is c1ccc(-c2nc(-c3cccc(-c4ccccn4)c3)cc(-c3ccc(-c4ccc5oc6ccccc6c5c4)c4oc5ccccc5c34)n2)cc1. The molecule has 0 spiro atoms. The normalized spacial score (nSPS) is 11.6. The van der Waals surface area contributed by atoms with Gasteiger partial charge in [-0.3, -0.25) is 4.98 Å². The van der Waals surface area contributed by atoms with Gasteiger partial charge >= 0.3 is 0 Å². The summed E-state index contributed by atoms with van der Waals surface area (Å²) in [6, 6.07) is 53.6. The van der Waals surface area contributed by atoms with E-state index in [-0.39, 0.29) is 0 Å². The number of furan rings is 2. The summed E-state index contributed by atoms with van der Waals surface area (Å²) in [6.07, 6.45) is 1.82. The standard InChI is InChI=1S/C45H27N3O2/c1-2-11-28(12-3-1)45-47-38(31-14-10-13-30(25-31)37-17-8-9-24-46-37)27-39(48-45)34-22-21-32(44-43(34)35-16-5-7-19-41(35)50-44)29-20-23-42-36(26-29)33-15-4-6-18-40(33)49-42/h1-27H. The molecule has 0 unspecified atom stereocenters. The van der Waals surface area contributed by atoms with Crippen LogP contribution >= 0.6 is 0 Å². The van der Waals surface area contributed by atoms with Gasteiger partial charge in [-0.15, -0.1) is 0 Å². The largest absolute Gasteiger partial charge is 0.456 e. The van der Waals surface area contributed by atoms with Gasteiger partial charge in [-0.1, -0.05) is 103 Å². The number of para-hydroxylation sites is 2. The van der Waals surface area contributed by atoms with Crippen LogP contribution in [0.25, 0.3) is 100 Å². The van der Waals surface area contributed by atoms with Gasteiger partial charge in [0, 0.05) is 55.6 Å². The van der Waals surface area contributed by atoms with Crippen LogP contribution in [0.1, 0.15) is 0 Å². The number of hydrogen-bond donors (Lipinski definition) is 0. The van der Waals surface area contributed by atoms with E-state index >= 15 is 0 Å². The van der Waals surface area contributed by atoms with Gasteiger partial charge in [-0.25, -0.2) is 9.97 Å². The van der Waals surface area contributed by atoms with Crippen molar-refractivity contribution in [3.63, 3.8) is 0 Å². The van der Waals surface area contributed by atoms with E-state index in [4.69, 9.17) is 18.8 Å². The summed E-state index contributed by atoms with van der Waals surface area (Å²) in [6.45, 7) is 0. The summed E-state index contributed by atoms with van der Waals surface area (Å²) >= 11 is 0. The minimum Gasteiger partial charge on any atom is -0.456 e. The van der Waals surface area contributed by atoms with Crippen molar-refractivity contribution in [1.82, 2.24) is 15.0 Å². The molecule has 10 rings (SSSR count). The zero-order chi connectivity index (χ0) is 33.0. The number of hydrogen-bond acceptors (Lipinski definition) is 5. The maximum absolute atomic E-state index is 6.70. The maximum Gasteiger partial charge on any atom is 0.160 e. The number of aromatic nitrogens is 3. The van der Waals surface area contributed by atoms with Crippen LogP contribution < -0.4 is 0 Å². The zero-order valence-corrected chi connectivity index (χ0v) is 26.7. The third-order valence-corrected chi connectivity index (χ3v) is 9.37. The van der Waals surface area contributed by atoms with Gasteiger partial charge in [-0.2, -0.15) is 0 Å². The highest BCUT2D eigenvalue weighted by Crippen LogP contribution is 2.43. The maximum atomic E-state index is 6.70. The molecule has 5 heteroatoms. The Hall–Kier alpha value is -6.85. The first kappa shape index (κ1) is 28.2. The van der Waals surface area contributed by atoms with Crippen LogP contribution in [0, 0.1) is 0 Å². The Kier molecular flexibility index (Phi) is 6.42. The molecule has 0 saturated carbocycles. The predicted octanol–water partition coefficient (Wildman–Crippen LogP) is 12.0. The highest BCUT2D eigenvalue weighted by molar-refractivity contribution is 6.17. The third-order valence-electron chi connectivity index (χ3n) is 9.37. The molecule has 0 aliphatic carbocycles. The smallest absolute Gasteiger partial charge is 0.160 e. The monoisotopic (exact) mass is 641 g/mol. The van der Waals surface area contributed by atoms with Gasteiger partial charge in [0.05, 0.1) is 17.1 Å². The molecular formula is C45H27N3O2. The highest BCUT2D eigenvalue weighted by atomic mass is 16.3. The van der Waals surface area contributed by atoms with Crippen molar-refractivity contribution in [2.45, 2.75) is 0 Å². The predicted molar refractivity (Wildman–Crippen MR) is 202 cm³/mol. The Bertz CT molecular complexity index is 2870. The molecule has 0 aliphatic rings. The van der Waals surface area contributed by atoms with Gasteiger partial charge < -0.3 is 8.83 Å². The van der Waals surface area contributed by atoms with E-state index in [2.05, 4.69) is 96.0 Å². The summed E-state index contributed by atoms with van der Waals surface area (Å²) in [5, 5.41) is 4.22. The van der Waals surface area contributed by atoms with Gasteiger partial charge in [0.2, 0.25) is 0 Å². The van der Waals surface area contributed by atoms with Crippen molar-refractivity contribution in [3.05, 3.63) is 164 Å². The second kappa shape index (κ2) is 11.4. The summed E-state index contributed by atoms with van der Waals surface area (Å²) in [7, 11) is 0. The van der Waals surface area contributed by atoms with Crippen molar-refractivity contribution in [2.75, 3.05) is 0 Å². The lowest BCUT2D eigenvalue weighted by Gasteiger charge is -2.12. The minimum atomic E-state index is 0.656. The first-order chi connectivity index (χ1) is 24.8. The van der Waals surface area contributed by atoms with E-state index < -0.39 is 0 Å². The molecule has 234 valence electrons. The molecule has 0 N–H and O–H groups in total. The van der Waals surface area contributed by atoms with E-state index in [1.165, 1.54) is 0 Å². The fraction of sp³-hybridized carbons (Fsp3) is 0. The molecule has 0 saturated heterocycles. The molecule has 0 atom stereocenters. The molecule has 0 aliphatic heterocycles. The topological polar surface area (TPSA) is 65.0 Å². The van der Waals surface area contributed by atoms with Crippen molar-refractivity contribution in [3.8, 4) is 56.3 Å². The molecule has 4 aromatic heterocycles. The molecule has 0 fully saturated rings. The van der Waals surface area contributed by atoms with E-state index in [1.807, 2.05) is 72.9 Å². The Morgan fingerprint density at radius 2 is 1.06 bits per heavy atom. The lowest BCUT2D eigenvalue weighted by atomic mass is 9.95. The lowest BCUT2D eigenvalue weighted by Crippen LogP contribution is -1.96. The van der Waals surface area contributed by atoms with Crippen molar-refractivity contribution in [2.24, 2.45) is 0 Å². The quantitative estimate of drug-likeness (QED) is 0.187.